The second kappa shape index (κ2) is 5.10. The van der Waals surface area contributed by atoms with Crippen LogP contribution in [0.3, 0.4) is 0 Å². The van der Waals surface area contributed by atoms with Gasteiger partial charge < -0.3 is 25.2 Å². The zero-order valence-electron chi connectivity index (χ0n) is 11.8. The van der Waals surface area contributed by atoms with Crippen molar-refractivity contribution in [2.24, 2.45) is 0 Å². The molecule has 6 nitrogen and oxygen atoms in total. The van der Waals surface area contributed by atoms with Gasteiger partial charge in [0, 0.05) is 22.1 Å². The number of aliphatic carboxylic acids is 1. The molecule has 0 spiro atoms. The highest BCUT2D eigenvalue weighted by atomic mass is 16.5. The average molecular weight is 312 g/mol. The number of rotatable bonds is 2. The molecule has 1 heterocycles. The van der Waals surface area contributed by atoms with Crippen LogP contribution in [-0.2, 0) is 4.79 Å². The summed E-state index contributed by atoms with van der Waals surface area (Å²) in [5.41, 5.74) is 0.816. The minimum Gasteiger partial charge on any atom is -0.504 e. The second-order valence-electron chi connectivity index (χ2n) is 4.95. The SMILES string of the molecule is C=c1ccc2c(c1O)Oc1c(ccc(O)c1O)C=2/C=C\C(=O)O. The number of allylic oxidation sites excluding steroid dienone is 1. The summed E-state index contributed by atoms with van der Waals surface area (Å²) in [5.74, 6) is -2.29. The highest BCUT2D eigenvalue weighted by Gasteiger charge is 2.24. The maximum atomic E-state index is 10.8. The van der Waals surface area contributed by atoms with Crippen molar-refractivity contribution in [2.75, 3.05) is 0 Å². The molecule has 0 bridgehead atoms. The normalized spacial score (nSPS) is 12.6. The first-order chi connectivity index (χ1) is 10.9. The zero-order valence-corrected chi connectivity index (χ0v) is 11.8. The van der Waals surface area contributed by atoms with Gasteiger partial charge in [0.05, 0.1) is 0 Å². The van der Waals surface area contributed by atoms with E-state index < -0.39 is 11.7 Å². The number of aromatic hydroxyl groups is 3. The Balaban J connectivity index is 2.44. The summed E-state index contributed by atoms with van der Waals surface area (Å²) in [6.45, 7) is 3.66. The van der Waals surface area contributed by atoms with Crippen molar-refractivity contribution in [1.82, 2.24) is 0 Å². The van der Waals surface area contributed by atoms with Crippen LogP contribution in [-0.4, -0.2) is 26.4 Å². The second-order valence-corrected chi connectivity index (χ2v) is 4.95. The number of phenolic OH excluding ortho intramolecular Hbond substituents is 3. The predicted octanol–water partition coefficient (Wildman–Crippen LogP) is 1.16. The van der Waals surface area contributed by atoms with E-state index in [0.29, 0.717) is 21.6 Å². The van der Waals surface area contributed by atoms with Gasteiger partial charge >= 0.3 is 5.97 Å². The van der Waals surface area contributed by atoms with Crippen molar-refractivity contribution in [3.05, 3.63) is 52.4 Å². The summed E-state index contributed by atoms with van der Waals surface area (Å²) in [6.07, 6.45) is 2.27. The van der Waals surface area contributed by atoms with E-state index in [9.17, 15) is 20.1 Å². The first-order valence-electron chi connectivity index (χ1n) is 6.59. The molecular weight excluding hydrogens is 300 g/mol. The number of hydrogen-bond donors (Lipinski definition) is 4. The largest absolute Gasteiger partial charge is 0.504 e. The fourth-order valence-electron chi connectivity index (χ4n) is 2.38. The van der Waals surface area contributed by atoms with Gasteiger partial charge in [-0.2, -0.15) is 0 Å². The van der Waals surface area contributed by atoms with Gasteiger partial charge in [-0.1, -0.05) is 12.6 Å². The van der Waals surface area contributed by atoms with E-state index in [2.05, 4.69) is 6.58 Å². The zero-order chi connectivity index (χ0) is 16.7. The van der Waals surface area contributed by atoms with Gasteiger partial charge in [-0.05, 0) is 29.8 Å². The van der Waals surface area contributed by atoms with E-state index in [1.165, 1.54) is 18.2 Å². The molecule has 0 atom stereocenters. The molecule has 6 heteroatoms. The van der Waals surface area contributed by atoms with Crippen molar-refractivity contribution in [2.45, 2.75) is 0 Å². The van der Waals surface area contributed by atoms with Crippen LogP contribution < -0.4 is 15.2 Å². The number of fused-ring (bicyclic) bond motifs is 2. The van der Waals surface area contributed by atoms with Crippen LogP contribution in [0.5, 0.6) is 28.7 Å². The lowest BCUT2D eigenvalue weighted by atomic mass is 9.97. The molecule has 0 radical (unpaired) electrons. The van der Waals surface area contributed by atoms with Crippen molar-refractivity contribution in [1.29, 1.82) is 0 Å². The summed E-state index contributed by atoms with van der Waals surface area (Å²) >= 11 is 0. The van der Waals surface area contributed by atoms with Crippen molar-refractivity contribution >= 4 is 18.1 Å². The van der Waals surface area contributed by atoms with Gasteiger partial charge in [0.2, 0.25) is 5.75 Å². The summed E-state index contributed by atoms with van der Waals surface area (Å²) in [7, 11) is 0. The van der Waals surface area contributed by atoms with E-state index in [1.54, 1.807) is 12.1 Å². The maximum absolute atomic E-state index is 10.8. The van der Waals surface area contributed by atoms with Crippen molar-refractivity contribution in [3.63, 3.8) is 0 Å². The summed E-state index contributed by atoms with van der Waals surface area (Å²) in [5, 5.41) is 39.4. The Labute approximate surface area is 130 Å². The molecule has 0 amide bonds. The van der Waals surface area contributed by atoms with Crippen LogP contribution in [0, 0.1) is 0 Å². The number of phenols is 3. The summed E-state index contributed by atoms with van der Waals surface area (Å²) < 4.78 is 5.54. The number of ether oxygens (including phenoxy) is 1. The molecule has 23 heavy (non-hydrogen) atoms. The quantitative estimate of drug-likeness (QED) is 0.490. The summed E-state index contributed by atoms with van der Waals surface area (Å²) in [6, 6.07) is 5.96. The van der Waals surface area contributed by atoms with E-state index in [0.717, 1.165) is 6.08 Å². The lowest BCUT2D eigenvalue weighted by Gasteiger charge is -2.21. The fraction of sp³-hybridized carbons (Fsp3) is 0. The topological polar surface area (TPSA) is 107 Å². The van der Waals surface area contributed by atoms with E-state index in [1.807, 2.05) is 0 Å². The molecule has 0 unspecified atom stereocenters. The summed E-state index contributed by atoms with van der Waals surface area (Å²) in [4.78, 5) is 10.8. The van der Waals surface area contributed by atoms with Gasteiger partial charge in [0.15, 0.2) is 23.0 Å². The smallest absolute Gasteiger partial charge is 0.328 e. The molecule has 2 aromatic rings. The molecule has 4 N–H and O–H groups in total. The lowest BCUT2D eigenvalue weighted by molar-refractivity contribution is -0.131. The number of hydrogen-bond acceptors (Lipinski definition) is 5. The molecule has 3 rings (SSSR count). The Kier molecular flexibility index (Phi) is 3.22. The van der Waals surface area contributed by atoms with Gasteiger partial charge in [-0.25, -0.2) is 4.79 Å². The average Bonchev–Trinajstić information content (AvgIpc) is 2.51. The molecule has 0 aliphatic carbocycles. The van der Waals surface area contributed by atoms with Gasteiger partial charge in [0.1, 0.15) is 0 Å². The van der Waals surface area contributed by atoms with E-state index >= 15 is 0 Å². The molecule has 0 saturated carbocycles. The highest BCUT2D eigenvalue weighted by Crippen LogP contribution is 2.45. The fourth-order valence-corrected chi connectivity index (χ4v) is 2.38. The molecule has 2 aromatic carbocycles. The van der Waals surface area contributed by atoms with Crippen LogP contribution in [0.25, 0.3) is 12.2 Å². The van der Waals surface area contributed by atoms with Gasteiger partial charge in [-0.3, -0.25) is 0 Å². The Hall–Kier alpha value is -3.41. The number of benzene rings is 2. The van der Waals surface area contributed by atoms with Crippen LogP contribution in [0.15, 0.2) is 36.4 Å². The first-order valence-corrected chi connectivity index (χ1v) is 6.59. The Morgan fingerprint density at radius 1 is 1.04 bits per heavy atom. The first kappa shape index (κ1) is 14.5. The Bertz CT molecular complexity index is 972. The number of carbonyl (C=O) groups is 1. The Morgan fingerprint density at radius 3 is 2.48 bits per heavy atom. The van der Waals surface area contributed by atoms with Crippen LogP contribution in [0.4, 0.5) is 0 Å². The lowest BCUT2D eigenvalue weighted by Crippen LogP contribution is -2.19. The van der Waals surface area contributed by atoms with Crippen LogP contribution in [0.2, 0.25) is 0 Å². The van der Waals surface area contributed by atoms with Gasteiger partial charge in [-0.15, -0.1) is 0 Å². The minimum atomic E-state index is -1.15. The number of carboxylic acid groups (broad SMARTS) is 1. The molecule has 116 valence electrons. The molecule has 0 aromatic heterocycles. The van der Waals surface area contributed by atoms with Crippen LogP contribution in [0.1, 0.15) is 5.56 Å². The maximum Gasteiger partial charge on any atom is 0.328 e. The third kappa shape index (κ3) is 2.26. The predicted molar refractivity (Wildman–Crippen MR) is 82.0 cm³/mol. The monoisotopic (exact) mass is 312 g/mol. The molecule has 1 aliphatic heterocycles. The van der Waals surface area contributed by atoms with Gasteiger partial charge in [0.25, 0.3) is 0 Å². The van der Waals surface area contributed by atoms with E-state index in [4.69, 9.17) is 9.84 Å². The third-order valence-corrected chi connectivity index (χ3v) is 3.50. The molecule has 0 fully saturated rings. The van der Waals surface area contributed by atoms with Crippen molar-refractivity contribution < 1.29 is 30.0 Å². The molecule has 1 aliphatic rings. The standard InChI is InChI=1S/C17H12O6/c1-8-2-3-10-9(5-7-13(19)20)11-4-6-12(18)15(22)17(11)23-16(10)14(8)21/h2-7,18,21-22H,1H2,(H,19,20)/b7-5-. The number of carboxylic acids is 1. The van der Waals surface area contributed by atoms with Crippen LogP contribution >= 0.6 is 0 Å². The molecular formula is C17H12O6. The third-order valence-electron chi connectivity index (χ3n) is 3.50. The van der Waals surface area contributed by atoms with E-state index in [-0.39, 0.29) is 23.0 Å². The van der Waals surface area contributed by atoms with Crippen molar-refractivity contribution in [3.8, 4) is 28.7 Å². The highest BCUT2D eigenvalue weighted by molar-refractivity contribution is 5.89. The Morgan fingerprint density at radius 2 is 1.78 bits per heavy atom. The minimum absolute atomic E-state index is 0.0379. The molecule has 0 saturated heterocycles.